The molecule has 2 heterocycles. The average Bonchev–Trinajstić information content (AvgIpc) is 2.84. The molecule has 0 atom stereocenters. The summed E-state index contributed by atoms with van der Waals surface area (Å²) in [7, 11) is -3.31. The molecule has 1 saturated heterocycles. The molecular formula is C17H27N3O2S. The molecule has 0 saturated carbocycles. The van der Waals surface area contributed by atoms with Gasteiger partial charge in [-0.15, -0.1) is 0 Å². The van der Waals surface area contributed by atoms with E-state index < -0.39 is 10.2 Å². The van der Waals surface area contributed by atoms with Crippen LogP contribution < -0.4 is 4.72 Å². The molecule has 2 aliphatic heterocycles. The van der Waals surface area contributed by atoms with Crippen molar-refractivity contribution in [3.8, 4) is 0 Å². The largest absolute Gasteiger partial charge is 0.297 e. The smallest absolute Gasteiger partial charge is 0.279 e. The van der Waals surface area contributed by atoms with E-state index in [1.54, 1.807) is 4.31 Å². The number of nitrogens with zero attached hydrogens (tertiary/aromatic N) is 2. The molecule has 6 heteroatoms. The zero-order valence-corrected chi connectivity index (χ0v) is 14.5. The van der Waals surface area contributed by atoms with Crippen LogP contribution in [0.1, 0.15) is 36.8 Å². The van der Waals surface area contributed by atoms with Crippen molar-refractivity contribution in [1.29, 1.82) is 0 Å². The highest BCUT2D eigenvalue weighted by atomic mass is 32.2. The molecule has 1 fully saturated rings. The maximum atomic E-state index is 12.4. The first-order chi connectivity index (χ1) is 11.1. The number of hydrogen-bond acceptors (Lipinski definition) is 3. The second kappa shape index (κ2) is 7.75. The van der Waals surface area contributed by atoms with Crippen LogP contribution >= 0.6 is 0 Å². The summed E-state index contributed by atoms with van der Waals surface area (Å²) in [6.45, 7) is 4.49. The van der Waals surface area contributed by atoms with Crippen LogP contribution in [0.3, 0.4) is 0 Å². The van der Waals surface area contributed by atoms with Gasteiger partial charge in [-0.3, -0.25) is 4.90 Å². The van der Waals surface area contributed by atoms with Gasteiger partial charge in [0.1, 0.15) is 0 Å². The first kappa shape index (κ1) is 16.9. The highest BCUT2D eigenvalue weighted by molar-refractivity contribution is 7.87. The number of fused-ring (bicyclic) bond motifs is 1. The van der Waals surface area contributed by atoms with Gasteiger partial charge < -0.3 is 0 Å². The maximum Gasteiger partial charge on any atom is 0.279 e. The molecule has 0 aliphatic carbocycles. The average molecular weight is 337 g/mol. The Labute approximate surface area is 139 Å². The van der Waals surface area contributed by atoms with Gasteiger partial charge in [0.15, 0.2) is 0 Å². The molecule has 0 unspecified atom stereocenters. The highest BCUT2D eigenvalue weighted by Gasteiger charge is 2.23. The number of benzene rings is 1. The standard InChI is InChI=1S/C17H27N3O2S/c21-23(22,20-11-5-1-2-6-12-20)18-10-14-19-13-9-16-7-3-4-8-17(16)15-19/h3-4,7-8,18H,1-2,5-6,9-15H2. The number of rotatable bonds is 5. The van der Waals surface area contributed by atoms with Gasteiger partial charge in [0.05, 0.1) is 0 Å². The third-order valence-corrected chi connectivity index (χ3v) is 6.44. The molecule has 0 radical (unpaired) electrons. The van der Waals surface area contributed by atoms with E-state index in [4.69, 9.17) is 0 Å². The van der Waals surface area contributed by atoms with Crippen LogP contribution in [0.5, 0.6) is 0 Å². The lowest BCUT2D eigenvalue weighted by Gasteiger charge is -2.29. The Hall–Kier alpha value is -0.950. The summed E-state index contributed by atoms with van der Waals surface area (Å²) in [6, 6.07) is 8.52. The molecule has 1 N–H and O–H groups in total. The van der Waals surface area contributed by atoms with Crippen molar-refractivity contribution < 1.29 is 8.42 Å². The van der Waals surface area contributed by atoms with Crippen LogP contribution in [0.4, 0.5) is 0 Å². The molecule has 5 nitrogen and oxygen atoms in total. The van der Waals surface area contributed by atoms with Gasteiger partial charge in [-0.2, -0.15) is 12.7 Å². The quantitative estimate of drug-likeness (QED) is 0.891. The van der Waals surface area contributed by atoms with Gasteiger partial charge in [0, 0.05) is 39.3 Å². The topological polar surface area (TPSA) is 52.7 Å². The Kier molecular flexibility index (Phi) is 5.69. The van der Waals surface area contributed by atoms with E-state index in [2.05, 4.69) is 33.9 Å². The number of hydrogen-bond donors (Lipinski definition) is 1. The third kappa shape index (κ3) is 4.53. The summed E-state index contributed by atoms with van der Waals surface area (Å²) in [5.74, 6) is 0. The van der Waals surface area contributed by atoms with Crippen molar-refractivity contribution in [3.63, 3.8) is 0 Å². The second-order valence-corrected chi connectivity index (χ2v) is 8.26. The first-order valence-corrected chi connectivity index (χ1v) is 10.1. The van der Waals surface area contributed by atoms with E-state index in [1.165, 1.54) is 11.1 Å². The molecule has 1 aromatic rings. The fraction of sp³-hybridized carbons (Fsp3) is 0.647. The molecule has 3 rings (SSSR count). The van der Waals surface area contributed by atoms with E-state index in [1.807, 2.05) is 0 Å². The Morgan fingerprint density at radius 2 is 1.65 bits per heavy atom. The molecule has 23 heavy (non-hydrogen) atoms. The Morgan fingerprint density at radius 1 is 0.957 bits per heavy atom. The molecule has 2 aliphatic rings. The van der Waals surface area contributed by atoms with E-state index in [0.29, 0.717) is 19.6 Å². The van der Waals surface area contributed by atoms with Crippen molar-refractivity contribution in [2.75, 3.05) is 32.7 Å². The monoisotopic (exact) mass is 337 g/mol. The van der Waals surface area contributed by atoms with Crippen molar-refractivity contribution in [3.05, 3.63) is 35.4 Å². The minimum absolute atomic E-state index is 0.487. The highest BCUT2D eigenvalue weighted by Crippen LogP contribution is 2.18. The van der Waals surface area contributed by atoms with Crippen LogP contribution in [0.2, 0.25) is 0 Å². The van der Waals surface area contributed by atoms with E-state index in [-0.39, 0.29) is 0 Å². The van der Waals surface area contributed by atoms with Crippen molar-refractivity contribution in [2.24, 2.45) is 0 Å². The zero-order valence-electron chi connectivity index (χ0n) is 13.7. The van der Waals surface area contributed by atoms with Gasteiger partial charge >= 0.3 is 0 Å². The third-order valence-electron chi connectivity index (χ3n) is 4.83. The molecule has 1 aromatic carbocycles. The zero-order chi connectivity index (χ0) is 16.1. The molecule has 128 valence electrons. The molecular weight excluding hydrogens is 310 g/mol. The van der Waals surface area contributed by atoms with Gasteiger partial charge in [-0.25, -0.2) is 4.72 Å². The van der Waals surface area contributed by atoms with Crippen molar-refractivity contribution >= 4 is 10.2 Å². The number of nitrogens with one attached hydrogen (secondary N) is 1. The predicted octanol–water partition coefficient (Wildman–Crippen LogP) is 1.76. The SMILES string of the molecule is O=S(=O)(NCCN1CCc2ccccc2C1)N1CCCCCC1. The van der Waals surface area contributed by atoms with Gasteiger partial charge in [0.25, 0.3) is 10.2 Å². The summed E-state index contributed by atoms with van der Waals surface area (Å²) in [5.41, 5.74) is 2.79. The van der Waals surface area contributed by atoms with Gasteiger partial charge in [0.2, 0.25) is 0 Å². The summed E-state index contributed by atoms with van der Waals surface area (Å²) in [4.78, 5) is 2.33. The summed E-state index contributed by atoms with van der Waals surface area (Å²) in [5, 5.41) is 0. The van der Waals surface area contributed by atoms with Crippen molar-refractivity contribution in [2.45, 2.75) is 38.6 Å². The Morgan fingerprint density at radius 3 is 2.39 bits per heavy atom. The predicted molar refractivity (Wildman–Crippen MR) is 92.4 cm³/mol. The first-order valence-electron chi connectivity index (χ1n) is 8.69. The molecule has 0 bridgehead atoms. The van der Waals surface area contributed by atoms with Crippen LogP contribution in [0, 0.1) is 0 Å². The second-order valence-electron chi connectivity index (χ2n) is 6.51. The summed E-state index contributed by atoms with van der Waals surface area (Å²) < 4.78 is 29.2. The summed E-state index contributed by atoms with van der Waals surface area (Å²) >= 11 is 0. The van der Waals surface area contributed by atoms with Gasteiger partial charge in [-0.05, 0) is 30.4 Å². The van der Waals surface area contributed by atoms with Crippen LogP contribution in [0.25, 0.3) is 0 Å². The lowest BCUT2D eigenvalue weighted by atomic mass is 10.0. The van der Waals surface area contributed by atoms with Crippen LogP contribution in [-0.4, -0.2) is 50.3 Å². The van der Waals surface area contributed by atoms with Crippen LogP contribution in [0.15, 0.2) is 24.3 Å². The lowest BCUT2D eigenvalue weighted by Crippen LogP contribution is -2.44. The van der Waals surface area contributed by atoms with Crippen LogP contribution in [-0.2, 0) is 23.2 Å². The Bertz CT molecular complexity index is 610. The maximum absolute atomic E-state index is 12.4. The van der Waals surface area contributed by atoms with Gasteiger partial charge in [-0.1, -0.05) is 37.1 Å². The molecule has 0 amide bonds. The van der Waals surface area contributed by atoms with E-state index in [9.17, 15) is 8.42 Å². The van der Waals surface area contributed by atoms with Crippen molar-refractivity contribution in [1.82, 2.24) is 13.9 Å². The van der Waals surface area contributed by atoms with E-state index >= 15 is 0 Å². The fourth-order valence-electron chi connectivity index (χ4n) is 3.45. The fourth-order valence-corrected chi connectivity index (χ4v) is 4.72. The molecule has 0 aromatic heterocycles. The Balaban J connectivity index is 1.47. The summed E-state index contributed by atoms with van der Waals surface area (Å²) in [6.07, 6.45) is 5.28. The minimum atomic E-state index is -3.31. The normalized spacial score (nSPS) is 20.9. The molecule has 0 spiro atoms. The lowest BCUT2D eigenvalue weighted by molar-refractivity contribution is 0.258. The minimum Gasteiger partial charge on any atom is -0.297 e. The van der Waals surface area contributed by atoms with E-state index in [0.717, 1.165) is 51.7 Å².